The first-order chi connectivity index (χ1) is 14.6. The van der Waals surface area contributed by atoms with E-state index in [-0.39, 0.29) is 12.6 Å². The number of rotatable bonds is 5. The van der Waals surface area contributed by atoms with Crippen LogP contribution in [0.3, 0.4) is 0 Å². The van der Waals surface area contributed by atoms with Gasteiger partial charge < -0.3 is 14.0 Å². The SMILES string of the molecule is Cc1ccc(-c2noc(C)c2COC(=O)N(c2cccnn2)C2CCOCC2)cn1. The Labute approximate surface area is 174 Å². The molecule has 0 N–H and O–H groups in total. The molecule has 9 heteroatoms. The van der Waals surface area contributed by atoms with Crippen molar-refractivity contribution in [1.82, 2.24) is 20.3 Å². The molecule has 4 rings (SSSR count). The van der Waals surface area contributed by atoms with E-state index in [2.05, 4.69) is 20.3 Å². The smallest absolute Gasteiger partial charge is 0.416 e. The summed E-state index contributed by atoms with van der Waals surface area (Å²) in [6.45, 7) is 4.91. The van der Waals surface area contributed by atoms with Gasteiger partial charge in [-0.2, -0.15) is 5.10 Å². The highest BCUT2D eigenvalue weighted by Gasteiger charge is 2.30. The molecule has 0 unspecified atom stereocenters. The summed E-state index contributed by atoms with van der Waals surface area (Å²) in [4.78, 5) is 18.9. The summed E-state index contributed by atoms with van der Waals surface area (Å²) in [7, 11) is 0. The molecule has 0 aromatic carbocycles. The van der Waals surface area contributed by atoms with Gasteiger partial charge in [0.05, 0.1) is 5.56 Å². The third-order valence-corrected chi connectivity index (χ3v) is 5.07. The molecule has 3 aromatic heterocycles. The average Bonchev–Trinajstić information content (AvgIpc) is 3.15. The van der Waals surface area contributed by atoms with Crippen molar-refractivity contribution in [3.63, 3.8) is 0 Å². The topological polar surface area (TPSA) is 103 Å². The number of hydrogen-bond acceptors (Lipinski definition) is 8. The van der Waals surface area contributed by atoms with Crippen LogP contribution in [0.4, 0.5) is 10.6 Å². The third-order valence-electron chi connectivity index (χ3n) is 5.07. The van der Waals surface area contributed by atoms with E-state index in [1.165, 1.54) is 0 Å². The van der Waals surface area contributed by atoms with Crippen LogP contribution in [0.5, 0.6) is 0 Å². The van der Waals surface area contributed by atoms with Crippen molar-refractivity contribution in [2.24, 2.45) is 0 Å². The molecule has 0 saturated carbocycles. The quantitative estimate of drug-likeness (QED) is 0.631. The maximum atomic E-state index is 13.1. The molecular formula is C21H23N5O4. The van der Waals surface area contributed by atoms with E-state index in [1.807, 2.05) is 19.1 Å². The van der Waals surface area contributed by atoms with Crippen molar-refractivity contribution >= 4 is 11.9 Å². The molecule has 3 aromatic rings. The van der Waals surface area contributed by atoms with Crippen LogP contribution in [0, 0.1) is 13.8 Å². The molecule has 156 valence electrons. The van der Waals surface area contributed by atoms with Gasteiger partial charge in [0.2, 0.25) is 0 Å². The molecule has 0 radical (unpaired) electrons. The molecule has 0 atom stereocenters. The Hall–Kier alpha value is -3.33. The van der Waals surface area contributed by atoms with Gasteiger partial charge in [0.1, 0.15) is 18.1 Å². The molecule has 30 heavy (non-hydrogen) atoms. The number of aromatic nitrogens is 4. The molecule has 1 saturated heterocycles. The lowest BCUT2D eigenvalue weighted by Gasteiger charge is -2.32. The molecule has 0 aliphatic carbocycles. The van der Waals surface area contributed by atoms with Gasteiger partial charge in [-0.3, -0.25) is 9.88 Å². The standard InChI is InChI=1S/C21H23N5O4/c1-14-5-6-16(12-22-14)20-18(15(2)30-25-20)13-29-21(27)26(17-7-10-28-11-8-17)19-4-3-9-23-24-19/h3-6,9,12,17H,7-8,10-11,13H2,1-2H3. The zero-order valence-corrected chi connectivity index (χ0v) is 16.9. The fraction of sp³-hybridized carbons (Fsp3) is 0.381. The van der Waals surface area contributed by atoms with Gasteiger partial charge in [-0.25, -0.2) is 4.79 Å². The van der Waals surface area contributed by atoms with Crippen LogP contribution < -0.4 is 4.90 Å². The van der Waals surface area contributed by atoms with E-state index in [9.17, 15) is 4.79 Å². The largest absolute Gasteiger partial charge is 0.444 e. The number of pyridine rings is 1. The molecule has 1 amide bonds. The first-order valence-corrected chi connectivity index (χ1v) is 9.83. The summed E-state index contributed by atoms with van der Waals surface area (Å²) in [5.41, 5.74) is 3.03. The van der Waals surface area contributed by atoms with Crippen LogP contribution in [0.25, 0.3) is 11.3 Å². The fourth-order valence-electron chi connectivity index (χ4n) is 3.39. The molecule has 1 aliphatic heterocycles. The number of nitrogens with zero attached hydrogens (tertiary/aromatic N) is 5. The summed E-state index contributed by atoms with van der Waals surface area (Å²) in [6.07, 6.45) is 4.22. The van der Waals surface area contributed by atoms with Crippen LogP contribution in [0.1, 0.15) is 29.9 Å². The van der Waals surface area contributed by atoms with Crippen molar-refractivity contribution < 1.29 is 18.8 Å². The van der Waals surface area contributed by atoms with E-state index in [4.69, 9.17) is 14.0 Å². The minimum absolute atomic E-state index is 0.0252. The first-order valence-electron chi connectivity index (χ1n) is 9.83. The van der Waals surface area contributed by atoms with Crippen molar-refractivity contribution in [2.75, 3.05) is 18.1 Å². The zero-order valence-electron chi connectivity index (χ0n) is 16.9. The lowest BCUT2D eigenvalue weighted by molar-refractivity contribution is 0.0803. The number of anilines is 1. The molecule has 9 nitrogen and oxygen atoms in total. The number of carbonyl (C=O) groups excluding carboxylic acids is 1. The first kappa shape index (κ1) is 20.0. The minimum atomic E-state index is -0.490. The van der Waals surface area contributed by atoms with E-state index in [0.717, 1.165) is 11.3 Å². The Morgan fingerprint density at radius 3 is 2.77 bits per heavy atom. The van der Waals surface area contributed by atoms with Gasteiger partial charge in [-0.1, -0.05) is 5.16 Å². The Bertz CT molecular complexity index is 984. The van der Waals surface area contributed by atoms with Crippen molar-refractivity contribution in [3.05, 3.63) is 53.7 Å². The van der Waals surface area contributed by atoms with Crippen LogP contribution in [-0.4, -0.2) is 45.7 Å². The van der Waals surface area contributed by atoms with E-state index in [1.54, 1.807) is 36.4 Å². The summed E-state index contributed by atoms with van der Waals surface area (Å²) in [5.74, 6) is 1.05. The van der Waals surface area contributed by atoms with Crippen LogP contribution in [-0.2, 0) is 16.1 Å². The fourth-order valence-corrected chi connectivity index (χ4v) is 3.39. The second-order valence-electron chi connectivity index (χ2n) is 7.10. The highest BCUT2D eigenvalue weighted by atomic mass is 16.6. The Morgan fingerprint density at radius 1 is 1.23 bits per heavy atom. The number of ether oxygens (including phenoxy) is 2. The lowest BCUT2D eigenvalue weighted by Crippen LogP contribution is -2.44. The van der Waals surface area contributed by atoms with Gasteiger partial charge in [0, 0.05) is 42.9 Å². The number of hydrogen-bond donors (Lipinski definition) is 0. The van der Waals surface area contributed by atoms with Gasteiger partial charge in [0.25, 0.3) is 0 Å². The van der Waals surface area contributed by atoms with Crippen LogP contribution in [0.2, 0.25) is 0 Å². The summed E-state index contributed by atoms with van der Waals surface area (Å²) < 4.78 is 16.5. The normalized spacial score (nSPS) is 14.5. The number of aryl methyl sites for hydroxylation is 2. The van der Waals surface area contributed by atoms with Gasteiger partial charge in [-0.05, 0) is 51.0 Å². The van der Waals surface area contributed by atoms with E-state index < -0.39 is 6.09 Å². The zero-order chi connectivity index (χ0) is 20.9. The maximum absolute atomic E-state index is 13.1. The van der Waals surface area contributed by atoms with Gasteiger partial charge in [-0.15, -0.1) is 5.10 Å². The second-order valence-corrected chi connectivity index (χ2v) is 7.10. The Balaban J connectivity index is 1.54. The van der Waals surface area contributed by atoms with Crippen LogP contribution >= 0.6 is 0 Å². The van der Waals surface area contributed by atoms with Crippen molar-refractivity contribution in [3.8, 4) is 11.3 Å². The second kappa shape index (κ2) is 9.00. The lowest BCUT2D eigenvalue weighted by atomic mass is 10.1. The number of carbonyl (C=O) groups is 1. The molecule has 0 spiro atoms. The highest BCUT2D eigenvalue weighted by Crippen LogP contribution is 2.27. The molecule has 1 fully saturated rings. The Morgan fingerprint density at radius 2 is 2.07 bits per heavy atom. The monoisotopic (exact) mass is 409 g/mol. The maximum Gasteiger partial charge on any atom is 0.416 e. The Kier molecular flexibility index (Phi) is 5.99. The average molecular weight is 409 g/mol. The summed E-state index contributed by atoms with van der Waals surface area (Å²) in [6, 6.07) is 7.24. The summed E-state index contributed by atoms with van der Waals surface area (Å²) in [5, 5.41) is 12.1. The predicted molar refractivity (Wildman–Crippen MR) is 108 cm³/mol. The van der Waals surface area contributed by atoms with E-state index >= 15 is 0 Å². The van der Waals surface area contributed by atoms with Crippen molar-refractivity contribution in [1.29, 1.82) is 0 Å². The van der Waals surface area contributed by atoms with Gasteiger partial charge >= 0.3 is 6.09 Å². The molecule has 4 heterocycles. The third kappa shape index (κ3) is 4.30. The molecule has 0 bridgehead atoms. The van der Waals surface area contributed by atoms with Crippen molar-refractivity contribution in [2.45, 2.75) is 39.3 Å². The molecular weight excluding hydrogens is 386 g/mol. The van der Waals surface area contributed by atoms with E-state index in [0.29, 0.717) is 48.9 Å². The number of amides is 1. The van der Waals surface area contributed by atoms with Crippen LogP contribution in [0.15, 0.2) is 41.2 Å². The summed E-state index contributed by atoms with van der Waals surface area (Å²) >= 11 is 0. The molecule has 1 aliphatic rings. The minimum Gasteiger partial charge on any atom is -0.444 e. The highest BCUT2D eigenvalue weighted by molar-refractivity contribution is 5.87. The predicted octanol–water partition coefficient (Wildman–Crippen LogP) is 3.47. The van der Waals surface area contributed by atoms with Gasteiger partial charge in [0.15, 0.2) is 5.82 Å².